The van der Waals surface area contributed by atoms with Crippen LogP contribution in [0.25, 0.3) is 0 Å². The van der Waals surface area contributed by atoms with Gasteiger partial charge >= 0.3 is 13.8 Å². The maximum Gasteiger partial charge on any atom is 0.524 e. The third-order valence-corrected chi connectivity index (χ3v) is 24.1. The van der Waals surface area contributed by atoms with Crippen LogP contribution in [0, 0.1) is 41.4 Å². The molecule has 45 heteroatoms. The molecule has 24 N–H and O–H groups in total. The predicted octanol–water partition coefficient (Wildman–Crippen LogP) is -0.948. The number of hydrogen-bond acceptors (Lipinski definition) is 24. The highest BCUT2D eigenvalue weighted by Gasteiger charge is 2.45. The number of nitrogens with two attached hydrogens (primary N) is 2. The molecule has 1 aromatic carbocycles. The Hall–Kier alpha value is -10.5. The number of nitrogens with one attached hydrogen (secondary N) is 16. The molecule has 17 amide bonds. The van der Waals surface area contributed by atoms with Gasteiger partial charge in [-0.15, -0.1) is 0 Å². The second kappa shape index (κ2) is 57.7. The minimum absolute atomic E-state index is 0.0229. The van der Waals surface area contributed by atoms with Crippen LogP contribution in [0.2, 0.25) is 0 Å². The monoisotopic (exact) mass is 1960 g/mol. The zero-order chi connectivity index (χ0) is 103. The predicted molar refractivity (Wildman–Crippen MR) is 507 cm³/mol. The van der Waals surface area contributed by atoms with E-state index in [9.17, 15) is 111 Å². The minimum Gasteiger partial charge on any atom is -0.480 e. The molecule has 1 aromatic rings. The van der Waals surface area contributed by atoms with Gasteiger partial charge in [-0.1, -0.05) is 109 Å². The Kier molecular flexibility index (Phi) is 50.1. The van der Waals surface area contributed by atoms with E-state index in [2.05, 4.69) is 89.6 Å². The van der Waals surface area contributed by atoms with Crippen LogP contribution in [0.1, 0.15) is 246 Å². The van der Waals surface area contributed by atoms with Gasteiger partial charge in [-0.25, -0.2) is 9.36 Å². The molecule has 4 rings (SSSR count). The number of aliphatic hydroxyl groups excluding tert-OH is 1. The lowest BCUT2D eigenvalue weighted by Crippen LogP contribution is -2.62. The zero-order valence-corrected chi connectivity index (χ0v) is 83.9. The summed E-state index contributed by atoms with van der Waals surface area (Å²) in [5.41, 5.74) is 12.1. The second-order valence-corrected chi connectivity index (χ2v) is 40.3. The smallest absolute Gasteiger partial charge is 0.480 e. The Labute approximate surface area is 804 Å². The number of aliphatic hydroxyl groups is 1. The summed E-state index contributed by atoms with van der Waals surface area (Å²) in [5.74, 6) is -16.9. The number of aliphatic carboxylic acids is 1. The van der Waals surface area contributed by atoms with Crippen molar-refractivity contribution in [1.29, 1.82) is 0 Å². The molecular weight excluding hydrogens is 1800 g/mol. The molecule has 0 aliphatic carbocycles. The largest absolute Gasteiger partial charge is 0.524 e. The van der Waals surface area contributed by atoms with Crippen LogP contribution in [-0.2, 0) is 97.3 Å². The van der Waals surface area contributed by atoms with E-state index in [1.807, 2.05) is 41.5 Å². The van der Waals surface area contributed by atoms with E-state index in [-0.39, 0.29) is 139 Å². The number of likely N-dealkylation sites (tertiary alicyclic amines) is 2. The summed E-state index contributed by atoms with van der Waals surface area (Å²) in [6.07, 6.45) is 2.12. The molecular formula is C92H157N20O24P. The second-order valence-electron chi connectivity index (χ2n) is 39.1. The van der Waals surface area contributed by atoms with E-state index >= 15 is 0 Å². The van der Waals surface area contributed by atoms with Gasteiger partial charge < -0.3 is 121 Å². The van der Waals surface area contributed by atoms with E-state index in [0.29, 0.717) is 50.6 Å². The molecule has 44 nitrogen and oxygen atoms in total. The van der Waals surface area contributed by atoms with E-state index < -0.39 is 241 Å². The fourth-order valence-electron chi connectivity index (χ4n) is 16.2. The summed E-state index contributed by atoms with van der Waals surface area (Å²) in [7, 11) is -4.91. The molecule has 3 aliphatic heterocycles. The minimum atomic E-state index is -4.91. The van der Waals surface area contributed by atoms with Crippen LogP contribution in [0.3, 0.4) is 0 Å². The number of carboxylic acids is 1. The summed E-state index contributed by atoms with van der Waals surface area (Å²) in [5, 5.41) is 63.8. The zero-order valence-electron chi connectivity index (χ0n) is 83.0. The van der Waals surface area contributed by atoms with Gasteiger partial charge in [-0.3, -0.25) is 91.3 Å². The quantitative estimate of drug-likeness (QED) is 0.0276. The number of carboxylic acid groups (broad SMARTS) is 1. The summed E-state index contributed by atoms with van der Waals surface area (Å²) >= 11 is 0. The molecule has 0 spiro atoms. The summed E-state index contributed by atoms with van der Waals surface area (Å²) in [6, 6.07) is -17.4. The number of benzene rings is 1. The molecule has 3 fully saturated rings. The Morgan fingerprint density at radius 2 is 0.723 bits per heavy atom. The standard InChI is InChI=1S/C92H157N20O24P/c1-47(2)41-64(81(120)98-55(16)76(115)99-57(18)90(129)112-40-26-31-71(112)92(131)132)102-83(122)66(43-49(5)6)105-88(127)73(53(13)14)109-86(125)70-30-25-39-111(70)91(130)69(45-51(9)10)107-84(123)67(44-50(7)8)106-87(126)72(52(11)12)108-77(116)56(17)96-75(114)54(15)97-79(118)62(27-20-22-36-93)101-89(128)74(58(19)113)110-80(119)63(28-21-23-37-94)100-82(121)65(42-48(3)4)103-85(124)68(104-78(117)61-29-24-38-95-61)46-59-32-34-60(35-33-59)136-137(133,134)135/h32-35,47-58,61-74,95,113H,20-31,36-46,93-94H2,1-19H3,(H,96,114)(H,97,118)(H,98,120)(H,99,115)(H,100,121)(H,101,128)(H,102,122)(H,103,124)(H,104,117)(H,105,127)(H,106,126)(H,107,123)(H,108,116)(H,109,125)(H,110,119)(H,131,132)(H2,133,134,135)/t54-,55-,56-,57-,58+,61-,62-,63-,64-,65-,66-,67-,68-,69-,70-,71-,72-,73-,74-/m0/s1. The van der Waals surface area contributed by atoms with Crippen molar-refractivity contribution in [3.05, 3.63) is 29.8 Å². The van der Waals surface area contributed by atoms with Crippen molar-refractivity contribution in [2.75, 3.05) is 32.7 Å². The fraction of sp³-hybridized carbons (Fsp3) is 0.739. The highest BCUT2D eigenvalue weighted by molar-refractivity contribution is 7.46. The number of hydrogen-bond donors (Lipinski definition) is 22. The number of carbonyl (C=O) groups excluding carboxylic acids is 17. The van der Waals surface area contributed by atoms with Gasteiger partial charge in [0, 0.05) is 19.5 Å². The normalized spacial score (nSPS) is 18.5. The van der Waals surface area contributed by atoms with Crippen molar-refractivity contribution in [3.8, 4) is 5.75 Å². The van der Waals surface area contributed by atoms with Gasteiger partial charge in [0.25, 0.3) is 0 Å². The molecule has 137 heavy (non-hydrogen) atoms. The number of nitrogens with zero attached hydrogens (tertiary/aromatic N) is 2. The van der Waals surface area contributed by atoms with Gasteiger partial charge in [0.2, 0.25) is 100 Å². The Morgan fingerprint density at radius 3 is 1.13 bits per heavy atom. The van der Waals surface area contributed by atoms with E-state index in [1.54, 1.807) is 55.4 Å². The third kappa shape index (κ3) is 40.4. The topological polar surface area (TPSA) is 665 Å². The lowest BCUT2D eigenvalue weighted by Gasteiger charge is -2.32. The SMILES string of the molecule is CC(C)C[C@H](NC(=O)[C@H](CC(C)C)NC(=O)[C@@H](NC(=O)[C@@H]1CCCN1C(=O)[C@H](CC(C)C)NC(=O)[C@H](CC(C)C)NC(=O)[C@@H](NC(=O)[C@H](C)NC(=O)[C@H](C)NC(=O)[C@H](CCCCN)NC(=O)[C@@H](NC(=O)[C@H](CCCCN)NC(=O)[C@H](CC(C)C)NC(=O)[C@H](Cc1ccc(OP(=O)(O)O)cc1)NC(=O)[C@@H]1CCCN1)[C@@H](C)O)C(C)C)C(C)C)C(=O)N[C@@H](C)C(=O)N[C@@H](C)C(=O)N1CCC[C@H]1C(=O)O. The van der Waals surface area contributed by atoms with Crippen molar-refractivity contribution in [1.82, 2.24) is 94.9 Å². The first kappa shape index (κ1) is 119. The number of phosphoric acid groups is 1. The summed E-state index contributed by atoms with van der Waals surface area (Å²) < 4.78 is 16.2. The van der Waals surface area contributed by atoms with E-state index in [4.69, 9.17) is 11.5 Å². The molecule has 3 heterocycles. The fourth-order valence-corrected chi connectivity index (χ4v) is 16.6. The number of rotatable bonds is 58. The maximum absolute atomic E-state index is 14.9. The first-order valence-electron chi connectivity index (χ1n) is 48.1. The highest BCUT2D eigenvalue weighted by atomic mass is 31.2. The van der Waals surface area contributed by atoms with Gasteiger partial charge in [0.15, 0.2) is 0 Å². The summed E-state index contributed by atoms with van der Waals surface area (Å²) in [6.45, 7) is 32.4. The van der Waals surface area contributed by atoms with E-state index in [0.717, 1.165) is 0 Å². The average molecular weight is 1960 g/mol. The molecule has 0 unspecified atom stereocenters. The molecule has 3 aliphatic rings. The summed E-state index contributed by atoms with van der Waals surface area (Å²) in [4.78, 5) is 274. The maximum atomic E-state index is 14.9. The number of carbonyl (C=O) groups is 18. The van der Waals surface area contributed by atoms with Gasteiger partial charge in [0.1, 0.15) is 108 Å². The number of unbranched alkanes of at least 4 members (excludes halogenated alkanes) is 2. The Bertz CT molecular complexity index is 4280. The van der Waals surface area contributed by atoms with Gasteiger partial charge in [0.05, 0.1) is 12.1 Å². The Balaban J connectivity index is 1.45. The molecule has 0 aromatic heterocycles. The van der Waals surface area contributed by atoms with Crippen LogP contribution < -0.4 is 101 Å². The molecule has 774 valence electrons. The van der Waals surface area contributed by atoms with Crippen LogP contribution in [-0.4, -0.2) is 284 Å². The average Bonchev–Trinajstić information content (AvgIpc) is 1.71. The van der Waals surface area contributed by atoms with Crippen LogP contribution in [0.4, 0.5) is 0 Å². The highest BCUT2D eigenvalue weighted by Crippen LogP contribution is 2.37. The lowest BCUT2D eigenvalue weighted by atomic mass is 9.97. The molecule has 0 radical (unpaired) electrons. The van der Waals surface area contributed by atoms with Crippen molar-refractivity contribution in [3.63, 3.8) is 0 Å². The van der Waals surface area contributed by atoms with Gasteiger partial charge in [-0.2, -0.15) is 0 Å². The van der Waals surface area contributed by atoms with Crippen molar-refractivity contribution >= 4 is 114 Å². The first-order valence-corrected chi connectivity index (χ1v) is 49.7. The van der Waals surface area contributed by atoms with Crippen LogP contribution in [0.15, 0.2) is 24.3 Å². The van der Waals surface area contributed by atoms with Gasteiger partial charge in [-0.05, 0) is 223 Å². The lowest BCUT2D eigenvalue weighted by molar-refractivity contribution is -0.149. The number of amides is 17. The molecule has 19 atom stereocenters. The van der Waals surface area contributed by atoms with Crippen molar-refractivity contribution < 1.29 is 115 Å². The molecule has 0 bridgehead atoms. The van der Waals surface area contributed by atoms with Crippen molar-refractivity contribution in [2.45, 2.75) is 362 Å². The Morgan fingerprint density at radius 1 is 0.380 bits per heavy atom. The van der Waals surface area contributed by atoms with Crippen LogP contribution in [0.5, 0.6) is 5.75 Å². The van der Waals surface area contributed by atoms with E-state index in [1.165, 1.54) is 68.7 Å². The van der Waals surface area contributed by atoms with Crippen LogP contribution >= 0.6 is 7.82 Å². The first-order chi connectivity index (χ1) is 64.1. The molecule has 0 saturated carbocycles. The molecule has 3 saturated heterocycles. The number of phosphoric ester groups is 1. The van der Waals surface area contributed by atoms with Crippen molar-refractivity contribution in [2.24, 2.45) is 52.9 Å². The third-order valence-electron chi connectivity index (χ3n) is 23.6.